The lowest BCUT2D eigenvalue weighted by atomic mass is 10.0. The molecule has 0 spiro atoms. The molecule has 0 aliphatic rings. The zero-order chi connectivity index (χ0) is 16.4. The molecule has 0 fully saturated rings. The molecule has 0 aliphatic heterocycles. The molecule has 0 amide bonds. The minimum atomic E-state index is -4.16. The number of benzene rings is 1. The van der Waals surface area contributed by atoms with Crippen LogP contribution in [0.3, 0.4) is 0 Å². The summed E-state index contributed by atoms with van der Waals surface area (Å²) in [4.78, 5) is 10.8. The molecular formula is C13H16ClF2NO3S. The van der Waals surface area contributed by atoms with E-state index in [1.807, 2.05) is 0 Å². The van der Waals surface area contributed by atoms with E-state index < -0.39 is 33.7 Å². The molecule has 2 N–H and O–H groups in total. The molecule has 0 aliphatic carbocycles. The van der Waals surface area contributed by atoms with Crippen LogP contribution in [0.4, 0.5) is 8.78 Å². The van der Waals surface area contributed by atoms with E-state index in [0.717, 1.165) is 0 Å². The number of alkyl halides is 2. The van der Waals surface area contributed by atoms with Crippen LogP contribution in [-0.2, 0) is 15.8 Å². The SMILES string of the molecule is CC(C)(C)[S@@](=O)N[C@@H](c1ccccc1Cl)C(F)(F)C(=O)O. The van der Waals surface area contributed by atoms with Gasteiger partial charge in [-0.1, -0.05) is 29.8 Å². The van der Waals surface area contributed by atoms with Crippen LogP contribution in [0, 0.1) is 0 Å². The second-order valence-electron chi connectivity index (χ2n) is 5.38. The molecule has 0 bridgehead atoms. The molecule has 0 heterocycles. The number of carboxylic acids is 1. The highest BCUT2D eigenvalue weighted by Gasteiger charge is 2.50. The van der Waals surface area contributed by atoms with Crippen molar-refractivity contribution in [2.24, 2.45) is 0 Å². The van der Waals surface area contributed by atoms with Crippen molar-refractivity contribution in [2.75, 3.05) is 0 Å². The summed E-state index contributed by atoms with van der Waals surface area (Å²) in [6.07, 6.45) is 0. The third kappa shape index (κ3) is 4.21. The molecule has 0 aromatic heterocycles. The van der Waals surface area contributed by atoms with Crippen LogP contribution in [0.2, 0.25) is 5.02 Å². The summed E-state index contributed by atoms with van der Waals surface area (Å²) in [6, 6.07) is 3.63. The van der Waals surface area contributed by atoms with Crippen molar-refractivity contribution in [3.63, 3.8) is 0 Å². The van der Waals surface area contributed by atoms with Gasteiger partial charge in [0.15, 0.2) is 0 Å². The van der Waals surface area contributed by atoms with Gasteiger partial charge in [-0.25, -0.2) is 13.7 Å². The molecule has 1 aromatic carbocycles. The molecule has 1 aromatic rings. The Kier molecular flexibility index (Phi) is 5.46. The van der Waals surface area contributed by atoms with Gasteiger partial charge < -0.3 is 5.11 Å². The smallest absolute Gasteiger partial charge is 0.376 e. The Morgan fingerprint density at radius 3 is 2.29 bits per heavy atom. The standard InChI is InChI=1S/C13H16ClF2NO3S/c1-12(2,3)21(20)17-10(13(15,16)11(18)19)8-6-4-5-7-9(8)14/h4-7,10,17H,1-3H3,(H,18,19)/t10-,21+/m0/s1. The summed E-state index contributed by atoms with van der Waals surface area (Å²) in [7, 11) is -1.89. The summed E-state index contributed by atoms with van der Waals surface area (Å²) in [5.41, 5.74) is -0.121. The van der Waals surface area contributed by atoms with E-state index in [4.69, 9.17) is 16.7 Å². The Bertz CT molecular complexity index is 561. The fourth-order valence-corrected chi connectivity index (χ4v) is 2.54. The van der Waals surface area contributed by atoms with Crippen molar-refractivity contribution >= 4 is 28.6 Å². The predicted octanol–water partition coefficient (Wildman–Crippen LogP) is 3.15. The monoisotopic (exact) mass is 339 g/mol. The number of carbonyl (C=O) groups is 1. The Morgan fingerprint density at radius 1 is 1.33 bits per heavy atom. The van der Waals surface area contributed by atoms with Gasteiger partial charge in [-0.05, 0) is 32.4 Å². The first kappa shape index (κ1) is 18.0. The zero-order valence-electron chi connectivity index (χ0n) is 11.7. The highest BCUT2D eigenvalue weighted by Crippen LogP contribution is 2.36. The van der Waals surface area contributed by atoms with E-state index in [-0.39, 0.29) is 10.6 Å². The fourth-order valence-electron chi connectivity index (χ4n) is 1.45. The van der Waals surface area contributed by atoms with Gasteiger partial charge in [0, 0.05) is 5.02 Å². The van der Waals surface area contributed by atoms with Gasteiger partial charge in [0.25, 0.3) is 0 Å². The molecule has 4 nitrogen and oxygen atoms in total. The van der Waals surface area contributed by atoms with Crippen LogP contribution >= 0.6 is 11.6 Å². The third-order valence-electron chi connectivity index (χ3n) is 2.65. The first-order valence-corrected chi connectivity index (χ1v) is 7.54. The van der Waals surface area contributed by atoms with Crippen LogP contribution in [-0.4, -0.2) is 26.0 Å². The van der Waals surface area contributed by atoms with E-state index >= 15 is 0 Å². The normalized spacial score (nSPS) is 15.5. The largest absolute Gasteiger partial charge is 0.477 e. The first-order chi connectivity index (χ1) is 9.48. The lowest BCUT2D eigenvalue weighted by molar-refractivity contribution is -0.168. The van der Waals surface area contributed by atoms with Gasteiger partial charge >= 0.3 is 11.9 Å². The van der Waals surface area contributed by atoms with Crippen molar-refractivity contribution in [2.45, 2.75) is 37.5 Å². The summed E-state index contributed by atoms with van der Waals surface area (Å²) in [5, 5.41) is 8.72. The minimum Gasteiger partial charge on any atom is -0.477 e. The second-order valence-corrected chi connectivity index (χ2v) is 7.79. The molecule has 1 rings (SSSR count). The van der Waals surface area contributed by atoms with Gasteiger partial charge in [0.1, 0.15) is 6.04 Å². The van der Waals surface area contributed by atoms with Crippen molar-refractivity contribution in [1.29, 1.82) is 0 Å². The summed E-state index contributed by atoms with van der Waals surface area (Å²) in [5.74, 6) is -6.47. The number of halogens is 3. The average molecular weight is 340 g/mol. The highest BCUT2D eigenvalue weighted by molar-refractivity contribution is 7.84. The Labute approximate surface area is 129 Å². The molecule has 2 atom stereocenters. The summed E-state index contributed by atoms with van der Waals surface area (Å²) >= 11 is 5.86. The maximum absolute atomic E-state index is 14.0. The van der Waals surface area contributed by atoms with E-state index in [2.05, 4.69) is 4.72 Å². The zero-order valence-corrected chi connectivity index (χ0v) is 13.3. The topological polar surface area (TPSA) is 66.4 Å². The van der Waals surface area contributed by atoms with Crippen molar-refractivity contribution < 1.29 is 22.9 Å². The number of rotatable bonds is 5. The number of aliphatic carboxylic acids is 1. The number of nitrogens with one attached hydrogen (secondary N) is 1. The third-order valence-corrected chi connectivity index (χ3v) is 4.55. The molecule has 0 saturated carbocycles. The molecule has 8 heteroatoms. The number of hydrogen-bond donors (Lipinski definition) is 2. The van der Waals surface area contributed by atoms with Gasteiger partial charge in [-0.3, -0.25) is 0 Å². The predicted molar refractivity (Wildman–Crippen MR) is 77.8 cm³/mol. The van der Waals surface area contributed by atoms with Crippen molar-refractivity contribution in [1.82, 2.24) is 4.72 Å². The number of hydrogen-bond acceptors (Lipinski definition) is 2. The average Bonchev–Trinajstić information content (AvgIpc) is 2.35. The van der Waals surface area contributed by atoms with Crippen LogP contribution < -0.4 is 4.72 Å². The van der Waals surface area contributed by atoms with Crippen LogP contribution in [0.5, 0.6) is 0 Å². The lowest BCUT2D eigenvalue weighted by Gasteiger charge is -2.28. The quantitative estimate of drug-likeness (QED) is 0.866. The van der Waals surface area contributed by atoms with Crippen LogP contribution in [0.1, 0.15) is 32.4 Å². The molecule has 21 heavy (non-hydrogen) atoms. The van der Waals surface area contributed by atoms with Gasteiger partial charge in [0.2, 0.25) is 0 Å². The van der Waals surface area contributed by atoms with Crippen LogP contribution in [0.15, 0.2) is 24.3 Å². The summed E-state index contributed by atoms with van der Waals surface area (Å²) < 4.78 is 41.4. The maximum Gasteiger partial charge on any atom is 0.376 e. The molecule has 0 saturated heterocycles. The molecule has 0 unspecified atom stereocenters. The van der Waals surface area contributed by atoms with E-state index in [1.54, 1.807) is 20.8 Å². The van der Waals surface area contributed by atoms with Crippen LogP contribution in [0.25, 0.3) is 0 Å². The first-order valence-electron chi connectivity index (χ1n) is 6.01. The van der Waals surface area contributed by atoms with E-state index in [0.29, 0.717) is 0 Å². The molecule has 0 radical (unpaired) electrons. The van der Waals surface area contributed by atoms with Crippen molar-refractivity contribution in [3.8, 4) is 0 Å². The fraction of sp³-hybridized carbons (Fsp3) is 0.462. The Morgan fingerprint density at radius 2 is 1.86 bits per heavy atom. The Balaban J connectivity index is 3.29. The second kappa shape index (κ2) is 6.37. The van der Waals surface area contributed by atoms with Crippen molar-refractivity contribution in [3.05, 3.63) is 34.9 Å². The molecule has 118 valence electrons. The maximum atomic E-state index is 14.0. The van der Waals surface area contributed by atoms with Gasteiger partial charge in [0.05, 0.1) is 15.7 Å². The highest BCUT2D eigenvalue weighted by atomic mass is 35.5. The summed E-state index contributed by atoms with van der Waals surface area (Å²) in [6.45, 7) is 4.75. The lowest BCUT2D eigenvalue weighted by Crippen LogP contribution is -2.47. The van der Waals surface area contributed by atoms with E-state index in [9.17, 15) is 17.8 Å². The van der Waals surface area contributed by atoms with Gasteiger partial charge in [-0.15, -0.1) is 0 Å². The Hall–Kier alpha value is -1.05. The minimum absolute atomic E-state index is 0.0261. The van der Waals surface area contributed by atoms with Gasteiger partial charge in [-0.2, -0.15) is 8.78 Å². The molecular weight excluding hydrogens is 324 g/mol. The van der Waals surface area contributed by atoms with E-state index in [1.165, 1.54) is 24.3 Å². The number of carboxylic acid groups (broad SMARTS) is 1.